The maximum absolute atomic E-state index is 6.42. The largest absolute Gasteiger partial charge is 0.491 e. The van der Waals surface area contributed by atoms with E-state index >= 15 is 0 Å². The van der Waals surface area contributed by atoms with Gasteiger partial charge in [-0.05, 0) is 49.8 Å². The summed E-state index contributed by atoms with van der Waals surface area (Å²) in [6.45, 7) is 6.32. The van der Waals surface area contributed by atoms with Crippen molar-refractivity contribution in [3.8, 4) is 5.75 Å². The number of rotatable bonds is 4. The molecule has 0 heterocycles. The average Bonchev–Trinajstić information content (AvgIpc) is 2.95. The molecular formula is C14H19ClO. The van der Waals surface area contributed by atoms with E-state index in [0.29, 0.717) is 5.92 Å². The average molecular weight is 239 g/mol. The van der Waals surface area contributed by atoms with E-state index in [1.807, 2.05) is 26.0 Å². The molecule has 0 spiro atoms. The highest BCUT2D eigenvalue weighted by Crippen LogP contribution is 2.50. The van der Waals surface area contributed by atoms with Crippen LogP contribution in [0.3, 0.4) is 0 Å². The van der Waals surface area contributed by atoms with Crippen LogP contribution in [-0.2, 0) is 0 Å². The van der Waals surface area contributed by atoms with E-state index in [9.17, 15) is 0 Å². The van der Waals surface area contributed by atoms with Gasteiger partial charge in [-0.1, -0.05) is 19.1 Å². The van der Waals surface area contributed by atoms with Gasteiger partial charge in [0.05, 0.1) is 11.5 Å². The van der Waals surface area contributed by atoms with Crippen LogP contribution in [0.15, 0.2) is 24.3 Å². The first-order valence-electron chi connectivity index (χ1n) is 5.98. The van der Waals surface area contributed by atoms with E-state index < -0.39 is 0 Å². The molecule has 0 amide bonds. The highest BCUT2D eigenvalue weighted by atomic mass is 35.5. The Morgan fingerprint density at radius 3 is 2.25 bits per heavy atom. The van der Waals surface area contributed by atoms with Crippen LogP contribution in [0, 0.1) is 11.8 Å². The molecule has 2 rings (SSSR count). The Balaban J connectivity index is 2.01. The summed E-state index contributed by atoms with van der Waals surface area (Å²) in [5, 5.41) is 0.170. The molecule has 1 aliphatic rings. The van der Waals surface area contributed by atoms with Gasteiger partial charge in [0, 0.05) is 0 Å². The summed E-state index contributed by atoms with van der Waals surface area (Å²) >= 11 is 6.42. The zero-order chi connectivity index (χ0) is 11.7. The lowest BCUT2D eigenvalue weighted by Crippen LogP contribution is -2.05. The van der Waals surface area contributed by atoms with E-state index in [1.54, 1.807) is 0 Å². The van der Waals surface area contributed by atoms with Gasteiger partial charge in [-0.3, -0.25) is 0 Å². The predicted octanol–water partition coefficient (Wildman–Crippen LogP) is 4.41. The van der Waals surface area contributed by atoms with E-state index in [4.69, 9.17) is 16.3 Å². The van der Waals surface area contributed by atoms with Crippen LogP contribution in [0.5, 0.6) is 5.75 Å². The third-order valence-corrected chi connectivity index (χ3v) is 3.69. The van der Waals surface area contributed by atoms with Gasteiger partial charge in [0.15, 0.2) is 0 Å². The van der Waals surface area contributed by atoms with Crippen molar-refractivity contribution >= 4 is 11.6 Å². The molecule has 0 N–H and O–H groups in total. The van der Waals surface area contributed by atoms with E-state index in [0.717, 1.165) is 11.7 Å². The Kier molecular flexibility index (Phi) is 3.44. The lowest BCUT2D eigenvalue weighted by molar-refractivity contribution is 0.242. The van der Waals surface area contributed by atoms with Crippen LogP contribution in [0.4, 0.5) is 0 Å². The molecule has 0 bridgehead atoms. The lowest BCUT2D eigenvalue weighted by Gasteiger charge is -2.12. The minimum absolute atomic E-state index is 0.170. The molecule has 1 aromatic carbocycles. The molecule has 3 atom stereocenters. The fourth-order valence-corrected chi connectivity index (χ4v) is 2.50. The number of hydrogen-bond acceptors (Lipinski definition) is 1. The molecule has 0 radical (unpaired) electrons. The molecule has 1 nitrogen and oxygen atoms in total. The summed E-state index contributed by atoms with van der Waals surface area (Å²) < 4.78 is 5.60. The third kappa shape index (κ3) is 2.70. The fourth-order valence-electron chi connectivity index (χ4n) is 2.01. The molecule has 0 aliphatic heterocycles. The quantitative estimate of drug-likeness (QED) is 0.706. The Morgan fingerprint density at radius 2 is 1.81 bits per heavy atom. The SMILES string of the molecule is CC(C)Oc1ccc(C(Cl)C2CC2C)cc1. The molecule has 2 heteroatoms. The van der Waals surface area contributed by atoms with Gasteiger partial charge in [0.2, 0.25) is 0 Å². The summed E-state index contributed by atoms with van der Waals surface area (Å²) in [5.74, 6) is 2.37. The van der Waals surface area contributed by atoms with Crippen molar-refractivity contribution in [3.05, 3.63) is 29.8 Å². The summed E-state index contributed by atoms with van der Waals surface area (Å²) in [5.41, 5.74) is 1.21. The molecule has 1 aliphatic carbocycles. The van der Waals surface area contributed by atoms with Gasteiger partial charge in [0.25, 0.3) is 0 Å². The Hall–Kier alpha value is -0.690. The topological polar surface area (TPSA) is 9.23 Å². The van der Waals surface area contributed by atoms with Gasteiger partial charge < -0.3 is 4.74 Å². The zero-order valence-electron chi connectivity index (χ0n) is 10.1. The number of hydrogen-bond donors (Lipinski definition) is 0. The van der Waals surface area contributed by atoms with E-state index in [2.05, 4.69) is 19.1 Å². The molecule has 88 valence electrons. The van der Waals surface area contributed by atoms with Crippen LogP contribution in [0.25, 0.3) is 0 Å². The Bertz CT molecular complexity index is 344. The highest BCUT2D eigenvalue weighted by Gasteiger charge is 2.39. The summed E-state index contributed by atoms with van der Waals surface area (Å²) in [6.07, 6.45) is 1.49. The summed E-state index contributed by atoms with van der Waals surface area (Å²) in [7, 11) is 0. The summed E-state index contributed by atoms with van der Waals surface area (Å²) in [6, 6.07) is 8.19. The molecular weight excluding hydrogens is 220 g/mol. The number of ether oxygens (including phenoxy) is 1. The number of alkyl halides is 1. The van der Waals surface area contributed by atoms with Crippen molar-refractivity contribution < 1.29 is 4.74 Å². The van der Waals surface area contributed by atoms with Gasteiger partial charge in [-0.2, -0.15) is 0 Å². The van der Waals surface area contributed by atoms with Crippen LogP contribution in [0.1, 0.15) is 38.1 Å². The van der Waals surface area contributed by atoms with Crippen molar-refractivity contribution in [1.82, 2.24) is 0 Å². The van der Waals surface area contributed by atoms with Crippen LogP contribution >= 0.6 is 11.6 Å². The van der Waals surface area contributed by atoms with Crippen LogP contribution < -0.4 is 4.74 Å². The Morgan fingerprint density at radius 1 is 1.25 bits per heavy atom. The standard InChI is InChI=1S/C14H19ClO/c1-9(2)16-12-6-4-11(5-7-12)14(15)13-8-10(13)3/h4-7,9-10,13-14H,8H2,1-3H3. The van der Waals surface area contributed by atoms with Crippen LogP contribution in [0.2, 0.25) is 0 Å². The van der Waals surface area contributed by atoms with Crippen LogP contribution in [-0.4, -0.2) is 6.10 Å². The zero-order valence-corrected chi connectivity index (χ0v) is 10.9. The summed E-state index contributed by atoms with van der Waals surface area (Å²) in [4.78, 5) is 0. The molecule has 1 saturated carbocycles. The first-order chi connectivity index (χ1) is 7.58. The van der Waals surface area contributed by atoms with Crippen molar-refractivity contribution in [2.45, 2.75) is 38.7 Å². The first kappa shape index (κ1) is 11.8. The monoisotopic (exact) mass is 238 g/mol. The maximum Gasteiger partial charge on any atom is 0.119 e. The minimum Gasteiger partial charge on any atom is -0.491 e. The lowest BCUT2D eigenvalue weighted by atomic mass is 10.1. The van der Waals surface area contributed by atoms with Crippen molar-refractivity contribution in [3.63, 3.8) is 0 Å². The smallest absolute Gasteiger partial charge is 0.119 e. The molecule has 0 saturated heterocycles. The molecule has 1 aromatic rings. The third-order valence-electron chi connectivity index (χ3n) is 3.12. The minimum atomic E-state index is 0.170. The first-order valence-corrected chi connectivity index (χ1v) is 6.42. The molecule has 0 aromatic heterocycles. The number of halogens is 1. The number of benzene rings is 1. The van der Waals surface area contributed by atoms with Crippen molar-refractivity contribution in [2.24, 2.45) is 11.8 Å². The highest BCUT2D eigenvalue weighted by molar-refractivity contribution is 6.21. The molecule has 3 unspecified atom stereocenters. The van der Waals surface area contributed by atoms with E-state index in [-0.39, 0.29) is 11.5 Å². The van der Waals surface area contributed by atoms with Gasteiger partial charge in [-0.25, -0.2) is 0 Å². The second-order valence-electron chi connectivity index (χ2n) is 5.01. The second-order valence-corrected chi connectivity index (χ2v) is 5.48. The Labute approximate surface area is 103 Å². The van der Waals surface area contributed by atoms with Crippen molar-refractivity contribution in [2.75, 3.05) is 0 Å². The fraction of sp³-hybridized carbons (Fsp3) is 0.571. The normalized spacial score (nSPS) is 25.6. The predicted molar refractivity (Wildman–Crippen MR) is 68.1 cm³/mol. The van der Waals surface area contributed by atoms with Gasteiger partial charge >= 0.3 is 0 Å². The van der Waals surface area contributed by atoms with E-state index in [1.165, 1.54) is 12.0 Å². The van der Waals surface area contributed by atoms with Gasteiger partial charge in [-0.15, -0.1) is 11.6 Å². The van der Waals surface area contributed by atoms with Crippen molar-refractivity contribution in [1.29, 1.82) is 0 Å². The second kappa shape index (κ2) is 4.67. The van der Waals surface area contributed by atoms with Gasteiger partial charge in [0.1, 0.15) is 5.75 Å². The maximum atomic E-state index is 6.42. The molecule has 1 fully saturated rings. The molecule has 16 heavy (non-hydrogen) atoms.